The Balaban J connectivity index is 0.000000225. The van der Waals surface area contributed by atoms with Crippen molar-refractivity contribution in [2.24, 2.45) is 22.5 Å². The highest BCUT2D eigenvalue weighted by atomic mass is 32.2. The largest absolute Gasteiger partial charge is 0.380 e. The molecule has 3 aliphatic rings. The average molecular weight is 319 g/mol. The van der Waals surface area contributed by atoms with Gasteiger partial charge in [0.1, 0.15) is 5.78 Å². The van der Waals surface area contributed by atoms with Crippen molar-refractivity contribution >= 4 is 15.9 Å². The fraction of sp³-hybridized carbons (Fsp3) is 0.929. The molecule has 1 unspecified atom stereocenters. The van der Waals surface area contributed by atoms with Crippen molar-refractivity contribution in [2.75, 3.05) is 19.0 Å². The maximum atomic E-state index is 11.9. The van der Waals surface area contributed by atoms with Crippen LogP contribution in [0.3, 0.4) is 0 Å². The Bertz CT molecular complexity index is 509. The monoisotopic (exact) mass is 319 g/mol. The predicted octanol–water partition coefficient (Wildman–Crippen LogP) is 1.00. The molecule has 0 aromatic carbocycles. The first-order valence-electron chi connectivity index (χ1n) is 7.40. The first kappa shape index (κ1) is 16.9. The molecule has 2 saturated carbocycles. The van der Waals surface area contributed by atoms with Crippen molar-refractivity contribution < 1.29 is 22.5 Å². The highest BCUT2D eigenvalue weighted by Gasteiger charge is 2.65. The van der Waals surface area contributed by atoms with Crippen LogP contribution in [0, 0.1) is 16.7 Å². The van der Waals surface area contributed by atoms with Gasteiger partial charge >= 0.3 is 0 Å². The maximum Gasteiger partial charge on any atom is 0.265 e. The number of hydrogen-bond donors (Lipinski definition) is 2. The Labute approximate surface area is 126 Å². The first-order chi connectivity index (χ1) is 9.58. The highest BCUT2D eigenvalue weighted by molar-refractivity contribution is 7.85. The van der Waals surface area contributed by atoms with Gasteiger partial charge in [0.25, 0.3) is 10.1 Å². The third-order valence-corrected chi connectivity index (χ3v) is 6.39. The Morgan fingerprint density at radius 2 is 2.05 bits per heavy atom. The molecule has 3 N–H and O–H groups in total. The van der Waals surface area contributed by atoms with E-state index in [-0.39, 0.29) is 17.1 Å². The number of hydrogen-bond acceptors (Lipinski definition) is 5. The summed E-state index contributed by atoms with van der Waals surface area (Å²) in [5, 5.41) is 0. The van der Waals surface area contributed by atoms with E-state index in [1.54, 1.807) is 0 Å². The van der Waals surface area contributed by atoms with Gasteiger partial charge < -0.3 is 10.5 Å². The van der Waals surface area contributed by atoms with E-state index in [1.165, 1.54) is 0 Å². The maximum absolute atomic E-state index is 11.9. The van der Waals surface area contributed by atoms with Crippen molar-refractivity contribution in [1.29, 1.82) is 0 Å². The smallest absolute Gasteiger partial charge is 0.265 e. The predicted molar refractivity (Wildman–Crippen MR) is 78.4 cm³/mol. The fourth-order valence-corrected chi connectivity index (χ4v) is 5.27. The molecule has 1 heterocycles. The number of ether oxygens (including phenoxy) is 1. The lowest BCUT2D eigenvalue weighted by Gasteiger charge is -2.35. The van der Waals surface area contributed by atoms with Gasteiger partial charge in [-0.1, -0.05) is 13.8 Å². The van der Waals surface area contributed by atoms with Crippen LogP contribution in [0.15, 0.2) is 0 Å². The van der Waals surface area contributed by atoms with Gasteiger partial charge in [-0.2, -0.15) is 8.42 Å². The summed E-state index contributed by atoms with van der Waals surface area (Å²) in [4.78, 5) is 11.9. The van der Waals surface area contributed by atoms with Crippen LogP contribution in [0.5, 0.6) is 0 Å². The first-order valence-corrected chi connectivity index (χ1v) is 9.01. The van der Waals surface area contributed by atoms with Crippen LogP contribution >= 0.6 is 0 Å². The summed E-state index contributed by atoms with van der Waals surface area (Å²) >= 11 is 0. The van der Waals surface area contributed by atoms with Gasteiger partial charge in [0, 0.05) is 19.1 Å². The molecule has 0 radical (unpaired) electrons. The molecule has 7 heteroatoms. The summed E-state index contributed by atoms with van der Waals surface area (Å²) in [5.74, 6) is -0.101. The lowest BCUT2D eigenvalue weighted by atomic mass is 9.70. The molecule has 3 fully saturated rings. The molecule has 2 aliphatic carbocycles. The average Bonchev–Trinajstić information content (AvgIpc) is 2.93. The highest BCUT2D eigenvalue weighted by Crippen LogP contribution is 2.64. The van der Waals surface area contributed by atoms with E-state index < -0.39 is 21.3 Å². The Hall–Kier alpha value is -0.500. The molecular weight excluding hydrogens is 294 g/mol. The van der Waals surface area contributed by atoms with E-state index in [1.807, 2.05) is 13.8 Å². The van der Waals surface area contributed by atoms with Gasteiger partial charge in [-0.05, 0) is 30.6 Å². The molecule has 0 spiro atoms. The van der Waals surface area contributed by atoms with Crippen molar-refractivity contribution in [2.45, 2.75) is 45.6 Å². The molecule has 122 valence electrons. The summed E-state index contributed by atoms with van der Waals surface area (Å²) < 4.78 is 35.9. The minimum absolute atomic E-state index is 0.0152. The van der Waals surface area contributed by atoms with E-state index in [0.29, 0.717) is 18.9 Å². The lowest BCUT2D eigenvalue weighted by Crippen LogP contribution is -2.42. The van der Waals surface area contributed by atoms with Crippen LogP contribution in [0.25, 0.3) is 0 Å². The zero-order chi connectivity index (χ0) is 15.9. The van der Waals surface area contributed by atoms with Crippen molar-refractivity contribution in [1.82, 2.24) is 0 Å². The van der Waals surface area contributed by atoms with Crippen molar-refractivity contribution in [3.63, 3.8) is 0 Å². The molecule has 2 bridgehead atoms. The van der Waals surface area contributed by atoms with Gasteiger partial charge in [-0.25, -0.2) is 0 Å². The number of Topliss-reactive ketones (excluding diaryl/α,β-unsaturated/α-hetero) is 1. The third kappa shape index (κ3) is 3.16. The van der Waals surface area contributed by atoms with E-state index in [0.717, 1.165) is 26.1 Å². The molecule has 3 rings (SSSR count). The Kier molecular flexibility index (Phi) is 4.50. The summed E-state index contributed by atoms with van der Waals surface area (Å²) in [5.41, 5.74) is 4.29. The van der Waals surface area contributed by atoms with Gasteiger partial charge in [-0.15, -0.1) is 0 Å². The fourth-order valence-electron chi connectivity index (χ4n) is 3.97. The third-order valence-electron chi connectivity index (χ3n) is 5.53. The Morgan fingerprint density at radius 1 is 1.38 bits per heavy atom. The number of carbonyl (C=O) groups is 1. The van der Waals surface area contributed by atoms with E-state index in [4.69, 9.17) is 15.0 Å². The van der Waals surface area contributed by atoms with Gasteiger partial charge in [0.15, 0.2) is 0 Å². The molecule has 21 heavy (non-hydrogen) atoms. The van der Waals surface area contributed by atoms with E-state index in [9.17, 15) is 13.2 Å². The molecule has 6 nitrogen and oxygen atoms in total. The minimum atomic E-state index is -4.08. The normalized spacial score (nSPS) is 37.4. The topological polar surface area (TPSA) is 107 Å². The SMILES string of the molecule is CC1(C)C2CC[C@@]1(CS(=O)(=O)O)C(=O)C2.N[C@H]1CCOC1. The number of rotatable bonds is 2. The lowest BCUT2D eigenvalue weighted by molar-refractivity contribution is -0.128. The molecule has 0 amide bonds. The second kappa shape index (κ2) is 5.61. The van der Waals surface area contributed by atoms with Gasteiger partial charge in [-0.3, -0.25) is 9.35 Å². The van der Waals surface area contributed by atoms with Crippen LogP contribution in [0.4, 0.5) is 0 Å². The summed E-state index contributed by atoms with van der Waals surface area (Å²) in [6, 6.07) is 0.324. The number of carbonyl (C=O) groups excluding carboxylic acids is 1. The summed E-state index contributed by atoms with van der Waals surface area (Å²) in [6.45, 7) is 5.52. The van der Waals surface area contributed by atoms with Crippen LogP contribution in [0.2, 0.25) is 0 Å². The standard InChI is InChI=1S/C10H16O4S.C4H9NO/c1-9(2)7-3-4-10(9,8(11)5-7)6-15(12,13)14;5-4-1-2-6-3-4/h7H,3-6H2,1-2H3,(H,12,13,14);4H,1-3,5H2/t7?,10-;4-/m10/s1. The van der Waals surface area contributed by atoms with Crippen molar-refractivity contribution in [3.8, 4) is 0 Å². The minimum Gasteiger partial charge on any atom is -0.380 e. The van der Waals surface area contributed by atoms with Crippen LogP contribution in [-0.4, -0.2) is 43.8 Å². The van der Waals surface area contributed by atoms with Gasteiger partial charge in [0.05, 0.1) is 17.8 Å². The zero-order valence-corrected chi connectivity index (χ0v) is 13.5. The molecule has 1 saturated heterocycles. The second-order valence-electron chi connectivity index (χ2n) is 7.02. The number of fused-ring (bicyclic) bond motifs is 2. The Morgan fingerprint density at radius 3 is 2.33 bits per heavy atom. The number of nitrogens with two attached hydrogens (primary N) is 1. The van der Waals surface area contributed by atoms with Crippen LogP contribution in [-0.2, 0) is 19.6 Å². The van der Waals surface area contributed by atoms with E-state index in [2.05, 4.69) is 0 Å². The molecule has 0 aromatic rings. The molecule has 0 aromatic heterocycles. The quantitative estimate of drug-likeness (QED) is 0.735. The zero-order valence-electron chi connectivity index (χ0n) is 12.7. The summed E-state index contributed by atoms with van der Waals surface area (Å²) in [7, 11) is -4.08. The van der Waals surface area contributed by atoms with Crippen LogP contribution < -0.4 is 5.73 Å². The van der Waals surface area contributed by atoms with Gasteiger partial charge in [0.2, 0.25) is 0 Å². The molecule has 3 atom stereocenters. The molecule has 1 aliphatic heterocycles. The number of ketones is 1. The van der Waals surface area contributed by atoms with Crippen molar-refractivity contribution in [3.05, 3.63) is 0 Å². The second-order valence-corrected chi connectivity index (χ2v) is 8.47. The van der Waals surface area contributed by atoms with Crippen LogP contribution in [0.1, 0.15) is 39.5 Å². The van der Waals surface area contributed by atoms with E-state index >= 15 is 0 Å². The summed E-state index contributed by atoms with van der Waals surface area (Å²) in [6.07, 6.45) is 3.01. The molecular formula is C14H25NO5S.